The number of hydrogen-bond donors (Lipinski definition) is 1. The monoisotopic (exact) mass is 478 g/mol. The number of benzene rings is 2. The molecule has 2 heterocycles. The predicted molar refractivity (Wildman–Crippen MR) is 117 cm³/mol. The van der Waals surface area contributed by atoms with Gasteiger partial charge in [0.05, 0.1) is 11.3 Å². The number of fused-ring (bicyclic) bond motifs is 1. The Hall–Kier alpha value is -2.85. The van der Waals surface area contributed by atoms with Crippen molar-refractivity contribution in [2.45, 2.75) is 37.1 Å². The van der Waals surface area contributed by atoms with Crippen LogP contribution in [-0.2, 0) is 23.1 Å². The number of aryl methyl sites for hydroxylation is 2. The van der Waals surface area contributed by atoms with Gasteiger partial charge in [0.15, 0.2) is 5.58 Å². The van der Waals surface area contributed by atoms with E-state index in [-0.39, 0.29) is 12.3 Å². The van der Waals surface area contributed by atoms with Crippen LogP contribution in [0.25, 0.3) is 21.7 Å². The zero-order valence-corrected chi connectivity index (χ0v) is 18.6. The van der Waals surface area contributed by atoms with Gasteiger partial charge in [-0.25, -0.2) is 9.97 Å². The average Bonchev–Trinajstić information content (AvgIpc) is 3.29. The number of halogens is 3. The lowest BCUT2D eigenvalue weighted by molar-refractivity contribution is -0.138. The molecular weight excluding hydrogens is 461 g/mol. The van der Waals surface area contributed by atoms with Crippen molar-refractivity contribution in [3.63, 3.8) is 0 Å². The van der Waals surface area contributed by atoms with E-state index in [1.54, 1.807) is 17.8 Å². The number of hydrogen-bond acceptors (Lipinski definition) is 6. The Morgan fingerprint density at radius 2 is 1.84 bits per heavy atom. The summed E-state index contributed by atoms with van der Waals surface area (Å²) in [6.45, 7) is 3.81. The first-order valence-corrected chi connectivity index (χ1v) is 11.3. The van der Waals surface area contributed by atoms with E-state index >= 15 is 0 Å². The van der Waals surface area contributed by atoms with Gasteiger partial charge in [-0.3, -0.25) is 4.79 Å². The van der Waals surface area contributed by atoms with Crippen molar-refractivity contribution < 1.29 is 27.5 Å². The predicted octanol–water partition coefficient (Wildman–Crippen LogP) is 6.51. The summed E-state index contributed by atoms with van der Waals surface area (Å²) in [7, 11) is 0. The molecule has 0 radical (unpaired) electrons. The zero-order chi connectivity index (χ0) is 23.0. The van der Waals surface area contributed by atoms with Gasteiger partial charge in [0.1, 0.15) is 16.9 Å². The molecule has 0 aliphatic heterocycles. The summed E-state index contributed by atoms with van der Waals surface area (Å²) in [4.78, 5) is 21.7. The van der Waals surface area contributed by atoms with Crippen molar-refractivity contribution in [2.75, 3.05) is 0 Å². The minimum Gasteiger partial charge on any atom is -0.481 e. The second-order valence-electron chi connectivity index (χ2n) is 7.13. The van der Waals surface area contributed by atoms with E-state index in [1.165, 1.54) is 23.5 Å². The fraction of sp³-hybridized carbons (Fsp3) is 0.227. The molecule has 0 unspecified atom stereocenters. The third-order valence-corrected chi connectivity index (χ3v) is 7.38. The van der Waals surface area contributed by atoms with Gasteiger partial charge < -0.3 is 9.52 Å². The zero-order valence-electron chi connectivity index (χ0n) is 17.0. The molecule has 0 atom stereocenters. The number of aromatic nitrogens is 2. The number of alkyl halides is 3. The van der Waals surface area contributed by atoms with Gasteiger partial charge in [-0.15, -0.1) is 23.1 Å². The Morgan fingerprint density at radius 3 is 2.50 bits per heavy atom. The molecule has 0 aliphatic rings. The van der Waals surface area contributed by atoms with Crippen LogP contribution < -0.4 is 0 Å². The highest BCUT2D eigenvalue weighted by Gasteiger charge is 2.30. The first-order chi connectivity index (χ1) is 15.1. The van der Waals surface area contributed by atoms with Crippen LogP contribution in [0.1, 0.15) is 27.6 Å². The molecule has 2 aromatic heterocycles. The lowest BCUT2D eigenvalue weighted by Gasteiger charge is -2.06. The van der Waals surface area contributed by atoms with E-state index < -0.39 is 17.7 Å². The third kappa shape index (κ3) is 4.66. The quantitative estimate of drug-likeness (QED) is 0.319. The van der Waals surface area contributed by atoms with Crippen LogP contribution in [0.3, 0.4) is 0 Å². The van der Waals surface area contributed by atoms with Crippen molar-refractivity contribution in [1.29, 1.82) is 0 Å². The number of aliphatic carboxylic acids is 1. The molecule has 0 spiro atoms. The molecule has 0 fully saturated rings. The fourth-order valence-electron chi connectivity index (χ4n) is 3.13. The Labute approximate surface area is 189 Å². The first kappa shape index (κ1) is 22.3. The smallest absolute Gasteiger partial charge is 0.416 e. The van der Waals surface area contributed by atoms with Crippen LogP contribution in [0.15, 0.2) is 45.7 Å². The van der Waals surface area contributed by atoms with Crippen molar-refractivity contribution >= 4 is 40.2 Å². The van der Waals surface area contributed by atoms with Crippen molar-refractivity contribution in [3.05, 3.63) is 64.0 Å². The largest absolute Gasteiger partial charge is 0.481 e. The second-order valence-corrected chi connectivity index (χ2v) is 9.20. The molecular formula is C22H17F3N2O3S2. The molecule has 1 N–H and O–H groups in total. The van der Waals surface area contributed by atoms with Crippen LogP contribution in [-0.4, -0.2) is 21.0 Å². The van der Waals surface area contributed by atoms with Gasteiger partial charge in [0.25, 0.3) is 0 Å². The van der Waals surface area contributed by atoms with Crippen LogP contribution in [0, 0.1) is 13.8 Å². The Morgan fingerprint density at radius 1 is 1.12 bits per heavy atom. The minimum absolute atomic E-state index is 0.151. The highest BCUT2D eigenvalue weighted by Crippen LogP contribution is 2.37. The Kier molecular flexibility index (Phi) is 6.00. The molecule has 2 aromatic carbocycles. The van der Waals surface area contributed by atoms with Gasteiger partial charge in [-0.05, 0) is 37.6 Å². The van der Waals surface area contributed by atoms with E-state index in [9.17, 15) is 18.0 Å². The molecule has 0 saturated heterocycles. The summed E-state index contributed by atoms with van der Waals surface area (Å²) in [6, 6.07) is 8.65. The van der Waals surface area contributed by atoms with Crippen LogP contribution >= 0.6 is 23.1 Å². The topological polar surface area (TPSA) is 76.2 Å². The number of carboxylic acids is 1. The number of carboxylic acid groups (broad SMARTS) is 1. The number of nitrogens with zero attached hydrogens (tertiary/aromatic N) is 2. The molecule has 0 bridgehead atoms. The SMILES string of the molecule is Cc1ccc2oc(CC(=O)O)nc2c1SCc1sc(-c2ccc(C(F)(F)F)cc2)nc1C. The fourth-order valence-corrected chi connectivity index (χ4v) is 5.47. The van der Waals surface area contributed by atoms with E-state index in [0.29, 0.717) is 27.4 Å². The summed E-state index contributed by atoms with van der Waals surface area (Å²) in [5.74, 6) is -0.275. The number of rotatable bonds is 6. The maximum atomic E-state index is 12.8. The lowest BCUT2D eigenvalue weighted by Crippen LogP contribution is -2.03. The van der Waals surface area contributed by atoms with Crippen LogP contribution in [0.2, 0.25) is 0 Å². The van der Waals surface area contributed by atoms with Crippen LogP contribution in [0.4, 0.5) is 13.2 Å². The first-order valence-electron chi connectivity index (χ1n) is 9.49. The minimum atomic E-state index is -4.37. The Balaban J connectivity index is 1.57. The van der Waals surface area contributed by atoms with Gasteiger partial charge in [-0.2, -0.15) is 13.2 Å². The average molecular weight is 479 g/mol. The van der Waals surface area contributed by atoms with Crippen LogP contribution in [0.5, 0.6) is 0 Å². The molecule has 4 rings (SSSR count). The van der Waals surface area contributed by atoms with Gasteiger partial charge in [0, 0.05) is 21.1 Å². The normalized spacial score (nSPS) is 11.9. The summed E-state index contributed by atoms with van der Waals surface area (Å²) in [5.41, 5.74) is 2.90. The summed E-state index contributed by atoms with van der Waals surface area (Å²) >= 11 is 2.98. The molecule has 4 aromatic rings. The molecule has 0 amide bonds. The number of carbonyl (C=O) groups is 1. The van der Waals surface area contributed by atoms with Crippen molar-refractivity contribution in [1.82, 2.24) is 9.97 Å². The summed E-state index contributed by atoms with van der Waals surface area (Å²) in [5, 5.41) is 9.64. The number of thioether (sulfide) groups is 1. The maximum Gasteiger partial charge on any atom is 0.416 e. The molecule has 5 nitrogen and oxygen atoms in total. The maximum absolute atomic E-state index is 12.8. The lowest BCUT2D eigenvalue weighted by atomic mass is 10.1. The standard InChI is InChI=1S/C22H17F3N2O3S2/c1-11-3-8-15-19(27-17(30-15)9-18(28)29)20(11)31-10-16-12(2)26-21(32-16)13-4-6-14(7-5-13)22(23,24)25/h3-8H,9-10H2,1-2H3,(H,28,29). The van der Waals surface area contributed by atoms with Crippen molar-refractivity contribution in [3.8, 4) is 10.6 Å². The number of oxazole rings is 1. The molecule has 166 valence electrons. The van der Waals surface area contributed by atoms with E-state index in [2.05, 4.69) is 9.97 Å². The van der Waals surface area contributed by atoms with Gasteiger partial charge >= 0.3 is 12.1 Å². The third-order valence-electron chi connectivity index (χ3n) is 4.76. The van der Waals surface area contributed by atoms with E-state index in [0.717, 1.165) is 33.2 Å². The number of thiazole rings is 1. The second kappa shape index (κ2) is 8.59. The van der Waals surface area contributed by atoms with Gasteiger partial charge in [-0.1, -0.05) is 18.2 Å². The van der Waals surface area contributed by atoms with Crippen molar-refractivity contribution in [2.24, 2.45) is 0 Å². The summed E-state index contributed by atoms with van der Waals surface area (Å²) < 4.78 is 44.0. The van der Waals surface area contributed by atoms with Gasteiger partial charge in [0.2, 0.25) is 5.89 Å². The molecule has 32 heavy (non-hydrogen) atoms. The highest BCUT2D eigenvalue weighted by atomic mass is 32.2. The molecule has 10 heteroatoms. The Bertz CT molecular complexity index is 1290. The molecule has 0 saturated carbocycles. The van der Waals surface area contributed by atoms with E-state index in [1.807, 2.05) is 19.9 Å². The highest BCUT2D eigenvalue weighted by molar-refractivity contribution is 7.99. The summed E-state index contributed by atoms with van der Waals surface area (Å²) in [6.07, 6.45) is -4.66. The molecule has 0 aliphatic carbocycles. The van der Waals surface area contributed by atoms with E-state index in [4.69, 9.17) is 9.52 Å².